The third-order valence-corrected chi connectivity index (χ3v) is 3.91. The lowest BCUT2D eigenvalue weighted by atomic mass is 9.94. The van der Waals surface area contributed by atoms with Crippen molar-refractivity contribution >= 4 is 17.3 Å². The number of fused-ring (bicyclic) bond motifs is 1. The van der Waals surface area contributed by atoms with E-state index >= 15 is 0 Å². The molecule has 2 N–H and O–H groups in total. The molecule has 4 nitrogen and oxygen atoms in total. The average Bonchev–Trinajstić information content (AvgIpc) is 2.47. The van der Waals surface area contributed by atoms with Crippen molar-refractivity contribution in [2.45, 2.75) is 26.3 Å². The summed E-state index contributed by atoms with van der Waals surface area (Å²) in [4.78, 5) is 18.5. The number of nitrogens with zero attached hydrogens (tertiary/aromatic N) is 2. The standard InChI is InChI=1S/C16H16FN3O/c1-9-6-12(17)13(18)7-14(9)20-8-11-4-3-5-19-15(11)10(2)16(20)21/h3-7,10H,8,18H2,1-2H3. The molecule has 21 heavy (non-hydrogen) atoms. The van der Waals surface area contributed by atoms with Crippen LogP contribution in [0, 0.1) is 12.7 Å². The van der Waals surface area contributed by atoms with Gasteiger partial charge in [0.1, 0.15) is 5.82 Å². The second-order valence-electron chi connectivity index (χ2n) is 5.35. The van der Waals surface area contributed by atoms with Crippen molar-refractivity contribution in [3.05, 3.63) is 53.1 Å². The molecular weight excluding hydrogens is 269 g/mol. The van der Waals surface area contributed by atoms with Gasteiger partial charge in [-0.3, -0.25) is 9.78 Å². The molecule has 0 spiro atoms. The van der Waals surface area contributed by atoms with E-state index in [0.717, 1.165) is 11.3 Å². The summed E-state index contributed by atoms with van der Waals surface area (Å²) in [5.74, 6) is -0.827. The molecule has 1 atom stereocenters. The number of amides is 1. The van der Waals surface area contributed by atoms with Gasteiger partial charge in [-0.25, -0.2) is 4.39 Å². The second kappa shape index (κ2) is 4.84. The summed E-state index contributed by atoms with van der Waals surface area (Å²) < 4.78 is 13.5. The molecule has 5 heteroatoms. The second-order valence-corrected chi connectivity index (χ2v) is 5.35. The lowest BCUT2D eigenvalue weighted by Gasteiger charge is -2.33. The minimum atomic E-state index is -0.462. The van der Waals surface area contributed by atoms with Crippen LogP contribution in [0.2, 0.25) is 0 Å². The van der Waals surface area contributed by atoms with Gasteiger partial charge >= 0.3 is 0 Å². The van der Waals surface area contributed by atoms with Gasteiger partial charge in [-0.15, -0.1) is 0 Å². The zero-order valence-electron chi connectivity index (χ0n) is 11.9. The van der Waals surface area contributed by atoms with Crippen LogP contribution in [0.4, 0.5) is 15.8 Å². The van der Waals surface area contributed by atoms with E-state index in [2.05, 4.69) is 4.98 Å². The maximum atomic E-state index is 13.5. The molecule has 0 bridgehead atoms. The van der Waals surface area contributed by atoms with Crippen LogP contribution in [0.3, 0.4) is 0 Å². The van der Waals surface area contributed by atoms with E-state index in [-0.39, 0.29) is 17.5 Å². The summed E-state index contributed by atoms with van der Waals surface area (Å²) in [6, 6.07) is 6.70. The number of hydrogen-bond acceptors (Lipinski definition) is 3. The Labute approximate surface area is 122 Å². The highest BCUT2D eigenvalue weighted by Gasteiger charge is 2.32. The molecule has 3 rings (SSSR count). The maximum Gasteiger partial charge on any atom is 0.236 e. The van der Waals surface area contributed by atoms with Gasteiger partial charge in [0.15, 0.2) is 0 Å². The summed E-state index contributed by atoms with van der Waals surface area (Å²) >= 11 is 0. The number of anilines is 2. The van der Waals surface area contributed by atoms with Crippen molar-refractivity contribution in [3.63, 3.8) is 0 Å². The van der Waals surface area contributed by atoms with Crippen molar-refractivity contribution in [3.8, 4) is 0 Å². The molecule has 0 radical (unpaired) electrons. The first-order valence-corrected chi connectivity index (χ1v) is 6.80. The molecule has 0 fully saturated rings. The fourth-order valence-electron chi connectivity index (χ4n) is 2.75. The number of nitrogens with two attached hydrogens (primary N) is 1. The SMILES string of the molecule is Cc1cc(F)c(N)cc1N1Cc2cccnc2C(C)C1=O. The molecule has 1 aliphatic heterocycles. The molecule has 1 aromatic carbocycles. The van der Waals surface area contributed by atoms with Crippen LogP contribution in [0.25, 0.3) is 0 Å². The van der Waals surface area contributed by atoms with Gasteiger partial charge in [0.25, 0.3) is 0 Å². The predicted octanol–water partition coefficient (Wildman–Crippen LogP) is 2.76. The number of carbonyl (C=O) groups is 1. The van der Waals surface area contributed by atoms with E-state index in [9.17, 15) is 9.18 Å². The van der Waals surface area contributed by atoms with Gasteiger partial charge in [-0.2, -0.15) is 0 Å². The summed E-state index contributed by atoms with van der Waals surface area (Å²) in [7, 11) is 0. The van der Waals surface area contributed by atoms with Gasteiger partial charge in [-0.05, 0) is 43.2 Å². The van der Waals surface area contributed by atoms with E-state index in [1.165, 1.54) is 12.1 Å². The minimum Gasteiger partial charge on any atom is -0.396 e. The Kier molecular flexibility index (Phi) is 3.12. The van der Waals surface area contributed by atoms with Gasteiger partial charge < -0.3 is 10.6 Å². The maximum absolute atomic E-state index is 13.5. The number of hydrogen-bond donors (Lipinski definition) is 1. The van der Waals surface area contributed by atoms with E-state index in [1.54, 1.807) is 18.0 Å². The number of aryl methyl sites for hydroxylation is 1. The summed E-state index contributed by atoms with van der Waals surface area (Å²) in [6.07, 6.45) is 1.69. The molecular formula is C16H16FN3O. The third kappa shape index (κ3) is 2.14. The molecule has 1 aliphatic rings. The highest BCUT2D eigenvalue weighted by atomic mass is 19.1. The molecule has 108 valence electrons. The first kappa shape index (κ1) is 13.5. The Balaban J connectivity index is 2.09. The Morgan fingerprint density at radius 2 is 2.19 bits per heavy atom. The topological polar surface area (TPSA) is 59.2 Å². The van der Waals surface area contributed by atoms with Crippen LogP contribution in [0.5, 0.6) is 0 Å². The quantitative estimate of drug-likeness (QED) is 0.820. The largest absolute Gasteiger partial charge is 0.396 e. The van der Waals surface area contributed by atoms with Crippen molar-refractivity contribution in [1.82, 2.24) is 4.98 Å². The molecule has 1 aromatic heterocycles. The number of rotatable bonds is 1. The van der Waals surface area contributed by atoms with Crippen molar-refractivity contribution in [2.24, 2.45) is 0 Å². The summed E-state index contributed by atoms with van der Waals surface area (Å²) in [5.41, 5.74) is 8.86. The molecule has 2 heterocycles. The molecule has 1 amide bonds. The van der Waals surface area contributed by atoms with E-state index in [0.29, 0.717) is 17.8 Å². The van der Waals surface area contributed by atoms with Crippen LogP contribution in [-0.4, -0.2) is 10.9 Å². The monoisotopic (exact) mass is 285 g/mol. The zero-order chi connectivity index (χ0) is 15.1. The van der Waals surface area contributed by atoms with Crippen LogP contribution in [0.15, 0.2) is 30.5 Å². The normalized spacial score (nSPS) is 17.8. The van der Waals surface area contributed by atoms with Gasteiger partial charge in [0.2, 0.25) is 5.91 Å². The molecule has 2 aromatic rings. The smallest absolute Gasteiger partial charge is 0.236 e. The van der Waals surface area contributed by atoms with Gasteiger partial charge in [0, 0.05) is 11.9 Å². The molecule has 1 unspecified atom stereocenters. The fourth-order valence-corrected chi connectivity index (χ4v) is 2.75. The molecule has 0 saturated heterocycles. The number of benzene rings is 1. The van der Waals surface area contributed by atoms with Crippen molar-refractivity contribution in [2.75, 3.05) is 10.6 Å². The predicted molar refractivity (Wildman–Crippen MR) is 79.4 cm³/mol. The van der Waals surface area contributed by atoms with Gasteiger partial charge in [-0.1, -0.05) is 6.07 Å². The highest BCUT2D eigenvalue weighted by Crippen LogP contribution is 2.34. The van der Waals surface area contributed by atoms with Crippen LogP contribution in [0.1, 0.15) is 29.7 Å². The summed E-state index contributed by atoms with van der Waals surface area (Å²) in [5, 5.41) is 0. The average molecular weight is 285 g/mol. The first-order valence-electron chi connectivity index (χ1n) is 6.80. The lowest BCUT2D eigenvalue weighted by molar-refractivity contribution is -0.120. The Morgan fingerprint density at radius 1 is 1.43 bits per heavy atom. The molecule has 0 saturated carbocycles. The van der Waals surface area contributed by atoms with Crippen molar-refractivity contribution in [1.29, 1.82) is 0 Å². The minimum absolute atomic E-state index is 0.0460. The third-order valence-electron chi connectivity index (χ3n) is 3.91. The van der Waals surface area contributed by atoms with E-state index in [1.807, 2.05) is 19.1 Å². The Morgan fingerprint density at radius 3 is 2.95 bits per heavy atom. The van der Waals surface area contributed by atoms with Crippen LogP contribution in [-0.2, 0) is 11.3 Å². The number of nitrogen functional groups attached to an aromatic ring is 1. The lowest BCUT2D eigenvalue weighted by Crippen LogP contribution is -2.39. The van der Waals surface area contributed by atoms with Crippen LogP contribution < -0.4 is 10.6 Å². The number of halogens is 1. The number of carbonyl (C=O) groups excluding carboxylic acids is 1. The Bertz CT molecular complexity index is 729. The van der Waals surface area contributed by atoms with Crippen molar-refractivity contribution < 1.29 is 9.18 Å². The molecule has 0 aliphatic carbocycles. The summed E-state index contributed by atoms with van der Waals surface area (Å²) in [6.45, 7) is 4.04. The Hall–Kier alpha value is -2.43. The van der Waals surface area contributed by atoms with Gasteiger partial charge in [0.05, 0.1) is 23.8 Å². The zero-order valence-corrected chi connectivity index (χ0v) is 11.9. The van der Waals surface area contributed by atoms with E-state index in [4.69, 9.17) is 5.73 Å². The first-order chi connectivity index (χ1) is 9.99. The number of pyridine rings is 1. The number of aromatic nitrogens is 1. The highest BCUT2D eigenvalue weighted by molar-refractivity contribution is 6.00. The fraction of sp³-hybridized carbons (Fsp3) is 0.250. The van der Waals surface area contributed by atoms with E-state index < -0.39 is 5.82 Å². The van der Waals surface area contributed by atoms with Crippen LogP contribution >= 0.6 is 0 Å².